The van der Waals surface area contributed by atoms with E-state index in [-0.39, 0.29) is 12.1 Å². The summed E-state index contributed by atoms with van der Waals surface area (Å²) in [5.74, 6) is 0.105. The van der Waals surface area contributed by atoms with E-state index in [1.165, 1.54) is 0 Å². The van der Waals surface area contributed by atoms with Crippen molar-refractivity contribution in [2.75, 3.05) is 36.9 Å². The maximum atomic E-state index is 12.0. The quantitative estimate of drug-likeness (QED) is 0.569. The van der Waals surface area contributed by atoms with Crippen molar-refractivity contribution in [3.05, 3.63) is 23.8 Å². The first-order chi connectivity index (χ1) is 13.2. The van der Waals surface area contributed by atoms with Crippen LogP contribution >= 0.6 is 0 Å². The molecule has 7 heteroatoms. The summed E-state index contributed by atoms with van der Waals surface area (Å²) in [5.41, 5.74) is 7.72. The number of hydrogen-bond donors (Lipinski definition) is 2. The van der Waals surface area contributed by atoms with E-state index in [4.69, 9.17) is 15.2 Å². The first kappa shape index (κ1) is 21.9. The van der Waals surface area contributed by atoms with Crippen LogP contribution in [0.4, 0.5) is 16.2 Å². The predicted molar refractivity (Wildman–Crippen MR) is 111 cm³/mol. The average molecular weight is 392 g/mol. The van der Waals surface area contributed by atoms with Gasteiger partial charge in [0.05, 0.1) is 23.5 Å². The van der Waals surface area contributed by atoms with Crippen LogP contribution in [0.2, 0.25) is 0 Å². The van der Waals surface area contributed by atoms with Crippen molar-refractivity contribution >= 4 is 23.4 Å². The van der Waals surface area contributed by atoms with Crippen molar-refractivity contribution in [2.24, 2.45) is 5.92 Å². The lowest BCUT2D eigenvalue weighted by Gasteiger charge is -2.35. The molecule has 28 heavy (non-hydrogen) atoms. The summed E-state index contributed by atoms with van der Waals surface area (Å²) in [6.07, 6.45) is 2.63. The van der Waals surface area contributed by atoms with Crippen LogP contribution in [0.5, 0.6) is 0 Å². The second-order valence-electron chi connectivity index (χ2n) is 8.17. The number of anilines is 2. The third-order valence-electron chi connectivity index (χ3n) is 4.62. The number of nitrogens with two attached hydrogens (primary N) is 1. The second kappa shape index (κ2) is 9.66. The molecule has 0 bridgehead atoms. The number of piperidine rings is 1. The number of carbonyl (C=O) groups is 2. The Morgan fingerprint density at radius 2 is 2.07 bits per heavy atom. The molecule has 1 saturated heterocycles. The highest BCUT2D eigenvalue weighted by atomic mass is 16.6. The second-order valence-corrected chi connectivity index (χ2v) is 8.17. The number of nitrogens with one attached hydrogen (secondary N) is 1. The molecule has 1 fully saturated rings. The topological polar surface area (TPSA) is 93.9 Å². The lowest BCUT2D eigenvalue weighted by atomic mass is 9.94. The van der Waals surface area contributed by atoms with Crippen molar-refractivity contribution in [2.45, 2.75) is 52.6 Å². The molecule has 7 nitrogen and oxygen atoms in total. The van der Waals surface area contributed by atoms with Crippen molar-refractivity contribution in [1.29, 1.82) is 0 Å². The first-order valence-corrected chi connectivity index (χ1v) is 9.98. The van der Waals surface area contributed by atoms with Gasteiger partial charge in [0.2, 0.25) is 0 Å². The van der Waals surface area contributed by atoms with Crippen molar-refractivity contribution in [3.8, 4) is 0 Å². The van der Waals surface area contributed by atoms with Crippen LogP contribution in [0, 0.1) is 5.92 Å². The normalized spacial score (nSPS) is 17.1. The van der Waals surface area contributed by atoms with Crippen LogP contribution < -0.4 is 16.0 Å². The standard InChI is InChI=1S/C21H33N3O4/c1-5-27-19(25)16-8-9-17(22)18(13-16)24-12-6-7-15(14-24)10-11-23-20(26)28-21(2,3)4/h8-9,13,15H,5-7,10-12,14,22H2,1-4H3,(H,23,26). The molecule has 1 aliphatic heterocycles. The fourth-order valence-corrected chi connectivity index (χ4v) is 3.37. The van der Waals surface area contributed by atoms with E-state index >= 15 is 0 Å². The van der Waals surface area contributed by atoms with E-state index in [9.17, 15) is 9.59 Å². The minimum atomic E-state index is -0.493. The van der Waals surface area contributed by atoms with Crippen molar-refractivity contribution < 1.29 is 19.1 Å². The van der Waals surface area contributed by atoms with Gasteiger partial charge >= 0.3 is 12.1 Å². The van der Waals surface area contributed by atoms with Gasteiger partial charge in [-0.25, -0.2) is 9.59 Å². The summed E-state index contributed by atoms with van der Waals surface area (Å²) in [6.45, 7) is 9.98. The Kier molecular flexibility index (Phi) is 7.54. The molecule has 1 aliphatic rings. The summed E-state index contributed by atoms with van der Waals surface area (Å²) in [5, 5.41) is 2.83. The van der Waals surface area contributed by atoms with Gasteiger partial charge in [0.15, 0.2) is 0 Å². The molecule has 1 aromatic rings. The lowest BCUT2D eigenvalue weighted by Crippen LogP contribution is -2.38. The third-order valence-corrected chi connectivity index (χ3v) is 4.62. The van der Waals surface area contributed by atoms with Crippen LogP contribution in [0.3, 0.4) is 0 Å². The molecule has 1 amide bonds. The molecule has 1 atom stereocenters. The van der Waals surface area contributed by atoms with Crippen LogP contribution in [-0.4, -0.2) is 43.9 Å². The SMILES string of the molecule is CCOC(=O)c1ccc(N)c(N2CCCC(CCNC(=O)OC(C)(C)C)C2)c1. The van der Waals surface area contributed by atoms with Crippen molar-refractivity contribution in [1.82, 2.24) is 5.32 Å². The Morgan fingerprint density at radius 3 is 2.75 bits per heavy atom. The van der Waals surface area contributed by atoms with E-state index in [0.29, 0.717) is 30.3 Å². The van der Waals surface area contributed by atoms with E-state index in [0.717, 1.165) is 38.0 Å². The van der Waals surface area contributed by atoms with Crippen molar-refractivity contribution in [3.63, 3.8) is 0 Å². The van der Waals surface area contributed by atoms with E-state index in [2.05, 4.69) is 10.2 Å². The number of ether oxygens (including phenoxy) is 2. The fraction of sp³-hybridized carbons (Fsp3) is 0.619. The molecule has 2 rings (SSSR count). The first-order valence-electron chi connectivity index (χ1n) is 9.98. The van der Waals surface area contributed by atoms with Gasteiger partial charge in [0, 0.05) is 19.6 Å². The average Bonchev–Trinajstić information content (AvgIpc) is 2.61. The van der Waals surface area contributed by atoms with E-state index in [1.54, 1.807) is 19.1 Å². The molecular weight excluding hydrogens is 358 g/mol. The van der Waals surface area contributed by atoms with Gasteiger partial charge in [-0.15, -0.1) is 0 Å². The maximum absolute atomic E-state index is 12.0. The van der Waals surface area contributed by atoms with Gasteiger partial charge in [-0.3, -0.25) is 0 Å². The number of carbonyl (C=O) groups excluding carboxylic acids is 2. The smallest absolute Gasteiger partial charge is 0.407 e. The molecule has 0 saturated carbocycles. The summed E-state index contributed by atoms with van der Waals surface area (Å²) in [6, 6.07) is 5.27. The third kappa shape index (κ3) is 6.62. The van der Waals surface area contributed by atoms with Crippen LogP contribution in [-0.2, 0) is 9.47 Å². The van der Waals surface area contributed by atoms with Crippen LogP contribution in [0.15, 0.2) is 18.2 Å². The van der Waals surface area contributed by atoms with E-state index < -0.39 is 5.60 Å². The zero-order valence-electron chi connectivity index (χ0n) is 17.4. The maximum Gasteiger partial charge on any atom is 0.407 e. The van der Waals surface area contributed by atoms with Gasteiger partial charge in [-0.2, -0.15) is 0 Å². The Hall–Kier alpha value is -2.44. The highest BCUT2D eigenvalue weighted by Crippen LogP contribution is 2.30. The minimum absolute atomic E-state index is 0.334. The summed E-state index contributed by atoms with van der Waals surface area (Å²) >= 11 is 0. The van der Waals surface area contributed by atoms with E-state index in [1.807, 2.05) is 26.8 Å². The fourth-order valence-electron chi connectivity index (χ4n) is 3.37. The summed E-state index contributed by atoms with van der Waals surface area (Å²) in [7, 11) is 0. The van der Waals surface area contributed by atoms with Crippen LogP contribution in [0.1, 0.15) is 57.3 Å². The highest BCUT2D eigenvalue weighted by Gasteiger charge is 2.23. The number of esters is 1. The zero-order valence-corrected chi connectivity index (χ0v) is 17.4. The number of rotatable bonds is 6. The monoisotopic (exact) mass is 391 g/mol. The number of nitrogen functional groups attached to an aromatic ring is 1. The molecule has 0 aromatic heterocycles. The lowest BCUT2D eigenvalue weighted by molar-refractivity contribution is 0.0515. The summed E-state index contributed by atoms with van der Waals surface area (Å²) < 4.78 is 10.4. The molecule has 1 aromatic carbocycles. The van der Waals surface area contributed by atoms with Gasteiger partial charge in [0.1, 0.15) is 5.60 Å². The number of alkyl carbamates (subject to hydrolysis) is 1. The number of benzene rings is 1. The molecular formula is C21H33N3O4. The molecule has 3 N–H and O–H groups in total. The minimum Gasteiger partial charge on any atom is -0.462 e. The molecule has 0 radical (unpaired) electrons. The highest BCUT2D eigenvalue weighted by molar-refractivity contribution is 5.92. The molecule has 1 unspecified atom stereocenters. The Balaban J connectivity index is 1.93. The van der Waals surface area contributed by atoms with Gasteiger partial charge in [0.25, 0.3) is 0 Å². The largest absolute Gasteiger partial charge is 0.462 e. The van der Waals surface area contributed by atoms with Gasteiger partial charge < -0.3 is 25.4 Å². The van der Waals surface area contributed by atoms with Gasteiger partial charge in [-0.05, 0) is 71.1 Å². The Morgan fingerprint density at radius 1 is 1.32 bits per heavy atom. The number of amides is 1. The van der Waals surface area contributed by atoms with Crippen LogP contribution in [0.25, 0.3) is 0 Å². The predicted octanol–water partition coefficient (Wildman–Crippen LogP) is 3.58. The number of hydrogen-bond acceptors (Lipinski definition) is 6. The zero-order chi connectivity index (χ0) is 20.7. The molecule has 0 spiro atoms. The summed E-state index contributed by atoms with van der Waals surface area (Å²) in [4.78, 5) is 26.0. The molecule has 1 heterocycles. The number of nitrogens with zero attached hydrogens (tertiary/aromatic N) is 1. The van der Waals surface area contributed by atoms with Gasteiger partial charge in [-0.1, -0.05) is 0 Å². The Labute approximate surface area is 167 Å². The molecule has 156 valence electrons. The Bertz CT molecular complexity index is 685. The molecule has 0 aliphatic carbocycles.